The third kappa shape index (κ3) is 3.78. The van der Waals surface area contributed by atoms with Gasteiger partial charge in [0.05, 0.1) is 0 Å². The summed E-state index contributed by atoms with van der Waals surface area (Å²) < 4.78 is 0. The van der Waals surface area contributed by atoms with Crippen LogP contribution in [-0.4, -0.2) is 20.1 Å². The predicted molar refractivity (Wildman–Crippen MR) is 64.0 cm³/mol. The SMILES string of the molecule is CNCCCNCc1cc(C)c(C)s1. The molecule has 0 radical (unpaired) electrons. The highest BCUT2D eigenvalue weighted by atomic mass is 32.1. The van der Waals surface area contributed by atoms with E-state index in [9.17, 15) is 0 Å². The highest BCUT2D eigenvalue weighted by Crippen LogP contribution is 2.19. The minimum atomic E-state index is 1.02. The molecule has 80 valence electrons. The molecule has 0 amide bonds. The maximum atomic E-state index is 3.45. The highest BCUT2D eigenvalue weighted by molar-refractivity contribution is 7.12. The Labute approximate surface area is 90.7 Å². The summed E-state index contributed by atoms with van der Waals surface area (Å²) in [5.74, 6) is 0. The molecule has 0 spiro atoms. The molecule has 14 heavy (non-hydrogen) atoms. The van der Waals surface area contributed by atoms with Crippen molar-refractivity contribution in [1.82, 2.24) is 10.6 Å². The van der Waals surface area contributed by atoms with Crippen LogP contribution in [0.2, 0.25) is 0 Å². The molecule has 0 unspecified atom stereocenters. The van der Waals surface area contributed by atoms with Crippen LogP contribution < -0.4 is 10.6 Å². The van der Waals surface area contributed by atoms with Gasteiger partial charge in [-0.05, 0) is 52.0 Å². The Balaban J connectivity index is 2.18. The molecule has 1 aromatic heterocycles. The summed E-state index contributed by atoms with van der Waals surface area (Å²) in [7, 11) is 1.99. The minimum absolute atomic E-state index is 1.02. The zero-order valence-corrected chi connectivity index (χ0v) is 10.1. The molecule has 0 aliphatic heterocycles. The minimum Gasteiger partial charge on any atom is -0.320 e. The molecule has 0 fully saturated rings. The quantitative estimate of drug-likeness (QED) is 0.705. The fraction of sp³-hybridized carbons (Fsp3) is 0.636. The van der Waals surface area contributed by atoms with Crippen molar-refractivity contribution in [2.24, 2.45) is 0 Å². The summed E-state index contributed by atoms with van der Waals surface area (Å²) in [5, 5.41) is 6.59. The van der Waals surface area contributed by atoms with E-state index in [4.69, 9.17) is 0 Å². The van der Waals surface area contributed by atoms with Gasteiger partial charge < -0.3 is 10.6 Å². The summed E-state index contributed by atoms with van der Waals surface area (Å²) in [6, 6.07) is 2.28. The van der Waals surface area contributed by atoms with E-state index in [1.807, 2.05) is 18.4 Å². The molecule has 2 N–H and O–H groups in total. The van der Waals surface area contributed by atoms with Crippen LogP contribution in [0.1, 0.15) is 21.7 Å². The van der Waals surface area contributed by atoms with Gasteiger partial charge in [0, 0.05) is 16.3 Å². The lowest BCUT2D eigenvalue weighted by Crippen LogP contribution is -2.18. The standard InChI is InChI=1S/C11H20N2S/c1-9-7-11(14-10(9)2)8-13-6-4-5-12-3/h7,12-13H,4-6,8H2,1-3H3. The van der Waals surface area contributed by atoms with E-state index >= 15 is 0 Å². The van der Waals surface area contributed by atoms with Crippen molar-refractivity contribution >= 4 is 11.3 Å². The van der Waals surface area contributed by atoms with Gasteiger partial charge >= 0.3 is 0 Å². The molecule has 1 rings (SSSR count). The van der Waals surface area contributed by atoms with Gasteiger partial charge in [0.15, 0.2) is 0 Å². The first kappa shape index (κ1) is 11.7. The van der Waals surface area contributed by atoms with Crippen molar-refractivity contribution < 1.29 is 0 Å². The molecule has 0 aliphatic rings. The summed E-state index contributed by atoms with van der Waals surface area (Å²) in [6.45, 7) is 7.57. The average Bonchev–Trinajstić information content (AvgIpc) is 2.46. The van der Waals surface area contributed by atoms with Crippen molar-refractivity contribution in [1.29, 1.82) is 0 Å². The molecule has 0 saturated carbocycles. The Morgan fingerprint density at radius 1 is 1.29 bits per heavy atom. The smallest absolute Gasteiger partial charge is 0.0299 e. The van der Waals surface area contributed by atoms with E-state index in [1.54, 1.807) is 0 Å². The monoisotopic (exact) mass is 212 g/mol. The van der Waals surface area contributed by atoms with Crippen molar-refractivity contribution in [2.45, 2.75) is 26.8 Å². The van der Waals surface area contributed by atoms with E-state index in [-0.39, 0.29) is 0 Å². The number of aryl methyl sites for hydroxylation is 2. The lowest BCUT2D eigenvalue weighted by molar-refractivity contribution is 0.629. The van der Waals surface area contributed by atoms with Crippen molar-refractivity contribution in [3.8, 4) is 0 Å². The van der Waals surface area contributed by atoms with Crippen LogP contribution in [0.5, 0.6) is 0 Å². The lowest BCUT2D eigenvalue weighted by Gasteiger charge is -2.01. The average molecular weight is 212 g/mol. The van der Waals surface area contributed by atoms with Crippen LogP contribution in [0.3, 0.4) is 0 Å². The zero-order chi connectivity index (χ0) is 10.4. The number of nitrogens with one attached hydrogen (secondary N) is 2. The molecule has 1 aromatic rings. The Kier molecular flexibility index (Phi) is 5.15. The van der Waals surface area contributed by atoms with Crippen molar-refractivity contribution in [3.05, 3.63) is 21.4 Å². The largest absolute Gasteiger partial charge is 0.320 e. The number of hydrogen-bond acceptors (Lipinski definition) is 3. The normalized spacial score (nSPS) is 10.8. The molecule has 0 bridgehead atoms. The van der Waals surface area contributed by atoms with Crippen molar-refractivity contribution in [2.75, 3.05) is 20.1 Å². The van der Waals surface area contributed by atoms with Gasteiger partial charge in [-0.2, -0.15) is 0 Å². The predicted octanol–water partition coefficient (Wildman–Crippen LogP) is 2.06. The molecular formula is C11H20N2S. The maximum Gasteiger partial charge on any atom is 0.0299 e. The van der Waals surface area contributed by atoms with Gasteiger partial charge in [-0.3, -0.25) is 0 Å². The second-order valence-corrected chi connectivity index (χ2v) is 4.93. The summed E-state index contributed by atoms with van der Waals surface area (Å²) in [6.07, 6.45) is 1.19. The molecule has 0 atom stereocenters. The van der Waals surface area contributed by atoms with Gasteiger partial charge in [0.2, 0.25) is 0 Å². The molecular weight excluding hydrogens is 192 g/mol. The number of rotatable bonds is 6. The Hall–Kier alpha value is -0.380. The van der Waals surface area contributed by atoms with E-state index < -0.39 is 0 Å². The van der Waals surface area contributed by atoms with Gasteiger partial charge in [-0.15, -0.1) is 11.3 Å². The van der Waals surface area contributed by atoms with Gasteiger partial charge in [0.25, 0.3) is 0 Å². The second kappa shape index (κ2) is 6.17. The van der Waals surface area contributed by atoms with Crippen LogP contribution in [-0.2, 0) is 6.54 Å². The fourth-order valence-corrected chi connectivity index (χ4v) is 2.36. The van der Waals surface area contributed by atoms with Crippen LogP contribution >= 0.6 is 11.3 Å². The molecule has 2 nitrogen and oxygen atoms in total. The van der Waals surface area contributed by atoms with E-state index in [2.05, 4.69) is 30.5 Å². The Bertz CT molecular complexity index is 249. The van der Waals surface area contributed by atoms with Gasteiger partial charge in [-0.25, -0.2) is 0 Å². The first-order valence-corrected chi connectivity index (χ1v) is 5.97. The number of thiophene rings is 1. The first-order valence-electron chi connectivity index (χ1n) is 5.15. The molecule has 1 heterocycles. The van der Waals surface area contributed by atoms with Crippen LogP contribution in [0.15, 0.2) is 6.07 Å². The van der Waals surface area contributed by atoms with Crippen molar-refractivity contribution in [3.63, 3.8) is 0 Å². The Morgan fingerprint density at radius 3 is 2.64 bits per heavy atom. The molecule has 3 heteroatoms. The third-order valence-electron chi connectivity index (χ3n) is 2.30. The van der Waals surface area contributed by atoms with Gasteiger partial charge in [-0.1, -0.05) is 0 Å². The van der Waals surface area contributed by atoms with E-state index in [0.717, 1.165) is 19.6 Å². The molecule has 0 aromatic carbocycles. The molecule has 0 saturated heterocycles. The highest BCUT2D eigenvalue weighted by Gasteiger charge is 2.00. The number of hydrogen-bond donors (Lipinski definition) is 2. The van der Waals surface area contributed by atoms with Gasteiger partial charge in [0.1, 0.15) is 0 Å². The van der Waals surface area contributed by atoms with Crippen LogP contribution in [0.25, 0.3) is 0 Å². The van der Waals surface area contributed by atoms with Crippen LogP contribution in [0, 0.1) is 13.8 Å². The third-order valence-corrected chi connectivity index (χ3v) is 3.45. The summed E-state index contributed by atoms with van der Waals surface area (Å²) in [4.78, 5) is 2.89. The molecule has 0 aliphatic carbocycles. The zero-order valence-electron chi connectivity index (χ0n) is 9.31. The second-order valence-electron chi connectivity index (χ2n) is 3.59. The topological polar surface area (TPSA) is 24.1 Å². The van der Waals surface area contributed by atoms with Crippen LogP contribution in [0.4, 0.5) is 0 Å². The van der Waals surface area contributed by atoms with E-state index in [1.165, 1.54) is 21.7 Å². The Morgan fingerprint density at radius 2 is 2.07 bits per heavy atom. The lowest BCUT2D eigenvalue weighted by atomic mass is 10.3. The fourth-order valence-electron chi connectivity index (χ4n) is 1.34. The maximum absolute atomic E-state index is 3.45. The summed E-state index contributed by atoms with van der Waals surface area (Å²) >= 11 is 1.90. The summed E-state index contributed by atoms with van der Waals surface area (Å²) in [5.41, 5.74) is 1.42. The van der Waals surface area contributed by atoms with E-state index in [0.29, 0.717) is 0 Å². The first-order chi connectivity index (χ1) is 6.74.